The predicted molar refractivity (Wildman–Crippen MR) is 66.7 cm³/mol. The summed E-state index contributed by atoms with van der Waals surface area (Å²) in [6.45, 7) is 9.24. The fraction of sp³-hybridized carbons (Fsp3) is 0.769. The minimum Gasteiger partial charge on any atom is -0.462 e. The lowest BCUT2D eigenvalue weighted by Gasteiger charge is -2.08. The summed E-state index contributed by atoms with van der Waals surface area (Å²) in [6.07, 6.45) is 3.99. The van der Waals surface area contributed by atoms with Crippen molar-refractivity contribution in [2.45, 2.75) is 39.5 Å². The number of hydrogen-bond acceptors (Lipinski definition) is 4. The predicted octanol–water partition coefficient (Wildman–Crippen LogP) is 2.68. The molecule has 0 spiro atoms. The molecule has 100 valence electrons. The third-order valence-electron chi connectivity index (χ3n) is 2.10. The summed E-state index contributed by atoms with van der Waals surface area (Å²) in [7, 11) is 0. The molecule has 0 saturated heterocycles. The highest BCUT2D eigenvalue weighted by Crippen LogP contribution is 1.98. The smallest absolute Gasteiger partial charge is 0.335 e. The molecule has 4 heteroatoms. The van der Waals surface area contributed by atoms with Gasteiger partial charge in [0.2, 0.25) is 0 Å². The van der Waals surface area contributed by atoms with Gasteiger partial charge < -0.3 is 14.2 Å². The van der Waals surface area contributed by atoms with E-state index < -0.39 is 0 Å². The van der Waals surface area contributed by atoms with Crippen LogP contribution in [0.25, 0.3) is 0 Å². The van der Waals surface area contributed by atoms with Gasteiger partial charge in [0, 0.05) is 6.61 Å². The molecule has 4 nitrogen and oxygen atoms in total. The first-order chi connectivity index (χ1) is 8.22. The Morgan fingerprint density at radius 2 is 1.71 bits per heavy atom. The number of hydrogen-bond donors (Lipinski definition) is 0. The average molecular weight is 244 g/mol. The molecule has 0 aliphatic carbocycles. The van der Waals surface area contributed by atoms with Crippen molar-refractivity contribution in [1.29, 1.82) is 0 Å². The highest BCUT2D eigenvalue weighted by atomic mass is 16.7. The van der Waals surface area contributed by atoms with Gasteiger partial charge in [0.25, 0.3) is 0 Å². The zero-order valence-electron chi connectivity index (χ0n) is 11.0. The van der Waals surface area contributed by atoms with Gasteiger partial charge in [0.1, 0.15) is 6.79 Å². The van der Waals surface area contributed by atoms with Crippen molar-refractivity contribution in [2.75, 3.05) is 26.6 Å². The fourth-order valence-corrected chi connectivity index (χ4v) is 0.999. The zero-order valence-corrected chi connectivity index (χ0v) is 11.0. The van der Waals surface area contributed by atoms with Gasteiger partial charge >= 0.3 is 5.97 Å². The van der Waals surface area contributed by atoms with Gasteiger partial charge in [0.05, 0.1) is 18.8 Å². The van der Waals surface area contributed by atoms with Gasteiger partial charge in [-0.15, -0.1) is 0 Å². The van der Waals surface area contributed by atoms with E-state index in [-0.39, 0.29) is 19.4 Å². The van der Waals surface area contributed by atoms with E-state index in [1.54, 1.807) is 0 Å². The number of carbonyl (C=O) groups is 1. The van der Waals surface area contributed by atoms with Crippen LogP contribution in [-0.4, -0.2) is 32.6 Å². The third-order valence-corrected chi connectivity index (χ3v) is 2.10. The van der Waals surface area contributed by atoms with Gasteiger partial charge in [-0.3, -0.25) is 0 Å². The maximum Gasteiger partial charge on any atom is 0.335 e. The van der Waals surface area contributed by atoms with Crippen molar-refractivity contribution >= 4 is 5.97 Å². The minimum absolute atomic E-state index is 0.164. The largest absolute Gasteiger partial charge is 0.462 e. The van der Waals surface area contributed by atoms with E-state index >= 15 is 0 Å². The van der Waals surface area contributed by atoms with Crippen LogP contribution in [0.2, 0.25) is 0 Å². The summed E-state index contributed by atoms with van der Waals surface area (Å²) in [5.74, 6) is -0.382. The number of carbonyl (C=O) groups excluding carboxylic acids is 1. The van der Waals surface area contributed by atoms with E-state index in [1.807, 2.05) is 6.92 Å². The second kappa shape index (κ2) is 11.6. The molecule has 0 unspecified atom stereocenters. The Bertz CT molecular complexity index is 213. The van der Waals surface area contributed by atoms with Crippen LogP contribution >= 0.6 is 0 Å². The highest BCUT2D eigenvalue weighted by Gasteiger charge is 2.07. The van der Waals surface area contributed by atoms with Crippen LogP contribution in [0, 0.1) is 0 Å². The molecule has 0 heterocycles. The molecule has 0 aromatic carbocycles. The second-order valence-corrected chi connectivity index (χ2v) is 3.82. The minimum atomic E-state index is -0.382. The molecule has 0 N–H and O–H groups in total. The molecule has 0 aliphatic heterocycles. The molecule has 0 aliphatic rings. The van der Waals surface area contributed by atoms with Crippen molar-refractivity contribution in [3.8, 4) is 0 Å². The summed E-state index contributed by atoms with van der Waals surface area (Å²) in [6, 6.07) is 0. The summed E-state index contributed by atoms with van der Waals surface area (Å²) >= 11 is 0. The summed E-state index contributed by atoms with van der Waals surface area (Å²) in [4.78, 5) is 11.3. The molecular weight excluding hydrogens is 220 g/mol. The van der Waals surface area contributed by atoms with E-state index in [2.05, 4.69) is 13.5 Å². The zero-order chi connectivity index (χ0) is 12.9. The third kappa shape index (κ3) is 10.0. The van der Waals surface area contributed by atoms with Crippen molar-refractivity contribution in [3.05, 3.63) is 12.2 Å². The molecule has 0 rings (SSSR count). The van der Waals surface area contributed by atoms with E-state index in [0.29, 0.717) is 18.8 Å². The molecular formula is C13H24O4. The Labute approximate surface area is 104 Å². The molecule has 0 saturated carbocycles. The van der Waals surface area contributed by atoms with Crippen LogP contribution in [0.5, 0.6) is 0 Å². The van der Waals surface area contributed by atoms with Crippen molar-refractivity contribution in [3.63, 3.8) is 0 Å². The van der Waals surface area contributed by atoms with Crippen LogP contribution in [0.1, 0.15) is 39.5 Å². The van der Waals surface area contributed by atoms with E-state index in [9.17, 15) is 4.79 Å². The van der Waals surface area contributed by atoms with E-state index in [1.165, 1.54) is 0 Å². The Morgan fingerprint density at radius 3 is 2.35 bits per heavy atom. The van der Waals surface area contributed by atoms with Crippen LogP contribution in [0.4, 0.5) is 0 Å². The Kier molecular flexibility index (Phi) is 11.0. The maximum absolute atomic E-state index is 11.3. The van der Waals surface area contributed by atoms with Crippen molar-refractivity contribution in [1.82, 2.24) is 0 Å². The maximum atomic E-state index is 11.3. The van der Waals surface area contributed by atoms with E-state index in [4.69, 9.17) is 14.2 Å². The molecule has 0 atom stereocenters. The standard InChI is InChI=1S/C13H24O4/c1-4-6-8-15-11-16-10-12(3)13(14)17-9-7-5-2/h3-11H2,1-2H3. The monoisotopic (exact) mass is 244 g/mol. The van der Waals surface area contributed by atoms with Gasteiger partial charge in [-0.2, -0.15) is 0 Å². The Hall–Kier alpha value is -0.870. The van der Waals surface area contributed by atoms with Gasteiger partial charge in [0.15, 0.2) is 0 Å². The first-order valence-electron chi connectivity index (χ1n) is 6.22. The lowest BCUT2D eigenvalue weighted by atomic mass is 10.3. The van der Waals surface area contributed by atoms with Crippen molar-refractivity contribution < 1.29 is 19.0 Å². The second-order valence-electron chi connectivity index (χ2n) is 3.82. The normalized spacial score (nSPS) is 10.2. The Morgan fingerprint density at radius 1 is 1.06 bits per heavy atom. The first-order valence-corrected chi connectivity index (χ1v) is 6.22. The Balaban J connectivity index is 3.41. The molecule has 17 heavy (non-hydrogen) atoms. The summed E-state index contributed by atoms with van der Waals surface area (Å²) < 4.78 is 15.3. The lowest BCUT2D eigenvalue weighted by Crippen LogP contribution is -2.13. The molecule has 0 amide bonds. The first kappa shape index (κ1) is 16.1. The van der Waals surface area contributed by atoms with Gasteiger partial charge in [-0.25, -0.2) is 4.79 Å². The van der Waals surface area contributed by atoms with Gasteiger partial charge in [-0.05, 0) is 12.8 Å². The number of esters is 1. The molecule has 0 aromatic rings. The number of ether oxygens (including phenoxy) is 3. The van der Waals surface area contributed by atoms with Crippen molar-refractivity contribution in [2.24, 2.45) is 0 Å². The number of unbranched alkanes of at least 4 members (excludes halogenated alkanes) is 2. The van der Waals surface area contributed by atoms with Crippen LogP contribution in [-0.2, 0) is 19.0 Å². The quantitative estimate of drug-likeness (QED) is 0.242. The highest BCUT2D eigenvalue weighted by molar-refractivity contribution is 5.87. The number of rotatable bonds is 11. The molecule has 0 fully saturated rings. The van der Waals surface area contributed by atoms with Crippen LogP contribution in [0.3, 0.4) is 0 Å². The van der Waals surface area contributed by atoms with Gasteiger partial charge in [-0.1, -0.05) is 33.3 Å². The topological polar surface area (TPSA) is 44.8 Å². The van der Waals surface area contributed by atoms with Crippen LogP contribution in [0.15, 0.2) is 12.2 Å². The fourth-order valence-electron chi connectivity index (χ4n) is 0.999. The van der Waals surface area contributed by atoms with E-state index in [0.717, 1.165) is 25.7 Å². The summed E-state index contributed by atoms with van der Waals surface area (Å²) in [5.41, 5.74) is 0.334. The SMILES string of the molecule is C=C(COCOCCCC)C(=O)OCCCC. The lowest BCUT2D eigenvalue weighted by molar-refractivity contribution is -0.140. The molecule has 0 bridgehead atoms. The molecule has 0 radical (unpaired) electrons. The summed E-state index contributed by atoms with van der Waals surface area (Å²) in [5, 5.41) is 0. The average Bonchev–Trinajstić information content (AvgIpc) is 2.33. The van der Waals surface area contributed by atoms with Crippen LogP contribution < -0.4 is 0 Å². The molecule has 0 aromatic heterocycles.